The summed E-state index contributed by atoms with van der Waals surface area (Å²) in [7, 11) is -8.38. The molecule has 7 N–H and O–H groups in total. The van der Waals surface area contributed by atoms with Crippen LogP contribution in [0.1, 0.15) is 37.4 Å². The molecule has 0 fully saturated rings. The quantitative estimate of drug-likeness (QED) is 0.196. The van der Waals surface area contributed by atoms with Gasteiger partial charge in [0.15, 0.2) is 11.6 Å². The van der Waals surface area contributed by atoms with Gasteiger partial charge in [-0.1, -0.05) is 18.2 Å². The summed E-state index contributed by atoms with van der Waals surface area (Å²) in [6.07, 6.45) is 0. The summed E-state index contributed by atoms with van der Waals surface area (Å²) in [5.41, 5.74) is 10.1. The minimum absolute atomic E-state index is 0.164. The molecule has 0 atom stereocenters. The van der Waals surface area contributed by atoms with Gasteiger partial charge in [0.1, 0.15) is 9.79 Å². The van der Waals surface area contributed by atoms with Gasteiger partial charge in [-0.2, -0.15) is 16.8 Å². The lowest BCUT2D eigenvalue weighted by molar-refractivity contribution is 0.0977. The second-order valence-electron chi connectivity index (χ2n) is 7.85. The molecule has 0 saturated heterocycles. The van der Waals surface area contributed by atoms with E-state index in [-0.39, 0.29) is 22.3 Å². The SMILES string of the molecule is CNc1ccc(-c2c(N)c(S(=O)(=O)O)c(N)c3c2C(=O)c2cccc(S(=O)(=O)O)c2C3=O)c(C)c1. The third-order valence-corrected chi connectivity index (χ3v) is 7.65. The van der Waals surface area contributed by atoms with E-state index in [1.165, 1.54) is 12.1 Å². The summed E-state index contributed by atoms with van der Waals surface area (Å²) < 4.78 is 67.8. The molecule has 13 heteroatoms. The smallest absolute Gasteiger partial charge is 0.298 e. The third-order valence-electron chi connectivity index (χ3n) is 5.80. The molecule has 0 aromatic heterocycles. The van der Waals surface area contributed by atoms with Crippen molar-refractivity contribution in [2.75, 3.05) is 23.8 Å². The van der Waals surface area contributed by atoms with Crippen LogP contribution in [0.5, 0.6) is 0 Å². The fraction of sp³-hybridized carbons (Fsp3) is 0.0909. The number of nitrogens with two attached hydrogens (primary N) is 2. The maximum atomic E-state index is 13.7. The number of fused-ring (bicyclic) bond motifs is 2. The van der Waals surface area contributed by atoms with Crippen molar-refractivity contribution in [2.45, 2.75) is 16.7 Å². The third kappa shape index (κ3) is 3.65. The number of nitrogen functional groups attached to an aromatic ring is 2. The summed E-state index contributed by atoms with van der Waals surface area (Å²) in [5, 5.41) is 2.93. The van der Waals surface area contributed by atoms with E-state index in [9.17, 15) is 35.5 Å². The predicted octanol–water partition coefficient (Wildman–Crippen LogP) is 2.14. The minimum Gasteiger partial charge on any atom is -0.397 e. The first-order chi connectivity index (χ1) is 16.2. The van der Waals surface area contributed by atoms with Crippen LogP contribution in [0, 0.1) is 6.92 Å². The van der Waals surface area contributed by atoms with Gasteiger partial charge < -0.3 is 16.8 Å². The standard InChI is InChI=1S/C22H19N3O8S2/c1-9-8-10(25-2)6-7-11(9)15-16-17(19(24)22(18(15)23)35(31,32)33)21(27)14-12(20(16)26)4-3-5-13(14)34(28,29)30/h3-8,25H,23-24H2,1-2H3,(H,28,29,30)(H,31,32,33). The van der Waals surface area contributed by atoms with Gasteiger partial charge in [0.2, 0.25) is 0 Å². The molecule has 0 radical (unpaired) electrons. The van der Waals surface area contributed by atoms with Crippen LogP contribution in [-0.2, 0) is 20.2 Å². The molecular weight excluding hydrogens is 498 g/mol. The molecule has 0 aliphatic heterocycles. The number of nitrogens with one attached hydrogen (secondary N) is 1. The van der Waals surface area contributed by atoms with Crippen LogP contribution in [0.15, 0.2) is 46.2 Å². The molecule has 0 spiro atoms. The van der Waals surface area contributed by atoms with E-state index in [0.29, 0.717) is 11.3 Å². The van der Waals surface area contributed by atoms with E-state index in [4.69, 9.17) is 11.5 Å². The van der Waals surface area contributed by atoms with Crippen molar-refractivity contribution in [1.29, 1.82) is 0 Å². The second-order valence-corrected chi connectivity index (χ2v) is 10.6. The summed E-state index contributed by atoms with van der Waals surface area (Å²) in [6.45, 7) is 1.66. The molecule has 0 bridgehead atoms. The molecule has 4 rings (SSSR count). The average molecular weight is 518 g/mol. The number of carbonyl (C=O) groups excluding carboxylic acids is 2. The van der Waals surface area contributed by atoms with E-state index >= 15 is 0 Å². The van der Waals surface area contributed by atoms with Crippen LogP contribution in [0.25, 0.3) is 11.1 Å². The molecular formula is C22H19N3O8S2. The Morgan fingerprint density at radius 3 is 1.94 bits per heavy atom. The van der Waals surface area contributed by atoms with Crippen LogP contribution >= 0.6 is 0 Å². The van der Waals surface area contributed by atoms with Crippen LogP contribution in [0.2, 0.25) is 0 Å². The molecule has 0 heterocycles. The highest BCUT2D eigenvalue weighted by Gasteiger charge is 2.41. The topological polar surface area (TPSA) is 207 Å². The van der Waals surface area contributed by atoms with E-state index in [1.54, 1.807) is 32.2 Å². The van der Waals surface area contributed by atoms with Crippen molar-refractivity contribution in [2.24, 2.45) is 0 Å². The lowest BCUT2D eigenvalue weighted by Crippen LogP contribution is -2.27. The van der Waals surface area contributed by atoms with Gasteiger partial charge in [-0.15, -0.1) is 0 Å². The zero-order valence-corrected chi connectivity index (χ0v) is 19.9. The van der Waals surface area contributed by atoms with Crippen molar-refractivity contribution in [1.82, 2.24) is 0 Å². The number of rotatable bonds is 4. The zero-order valence-electron chi connectivity index (χ0n) is 18.3. The van der Waals surface area contributed by atoms with Crippen molar-refractivity contribution < 1.29 is 35.5 Å². The van der Waals surface area contributed by atoms with Gasteiger partial charge in [0, 0.05) is 29.4 Å². The Bertz CT molecular complexity index is 1690. The predicted molar refractivity (Wildman–Crippen MR) is 128 cm³/mol. The lowest BCUT2D eigenvalue weighted by atomic mass is 9.78. The van der Waals surface area contributed by atoms with Gasteiger partial charge in [-0.05, 0) is 36.2 Å². The van der Waals surface area contributed by atoms with E-state index in [0.717, 1.165) is 6.07 Å². The lowest BCUT2D eigenvalue weighted by Gasteiger charge is -2.26. The molecule has 35 heavy (non-hydrogen) atoms. The molecule has 1 aliphatic rings. The maximum Gasteiger partial charge on any atom is 0.298 e. The van der Waals surface area contributed by atoms with E-state index in [1.807, 2.05) is 0 Å². The number of hydrogen-bond donors (Lipinski definition) is 5. The molecule has 3 aromatic carbocycles. The van der Waals surface area contributed by atoms with Gasteiger partial charge in [0.05, 0.1) is 22.5 Å². The molecule has 0 amide bonds. The first-order valence-electron chi connectivity index (χ1n) is 9.91. The van der Waals surface area contributed by atoms with Crippen molar-refractivity contribution in [3.8, 4) is 11.1 Å². The number of anilines is 3. The largest absolute Gasteiger partial charge is 0.397 e. The van der Waals surface area contributed by atoms with Gasteiger partial charge in [-0.25, -0.2) is 0 Å². The molecule has 3 aromatic rings. The van der Waals surface area contributed by atoms with Crippen molar-refractivity contribution >= 4 is 48.9 Å². The first-order valence-corrected chi connectivity index (χ1v) is 12.8. The fourth-order valence-corrected chi connectivity index (χ4v) is 5.79. The first kappa shape index (κ1) is 24.3. The van der Waals surface area contributed by atoms with Gasteiger partial charge in [0.25, 0.3) is 20.2 Å². The van der Waals surface area contributed by atoms with Crippen LogP contribution in [0.4, 0.5) is 17.1 Å². The van der Waals surface area contributed by atoms with Crippen LogP contribution < -0.4 is 16.8 Å². The highest BCUT2D eigenvalue weighted by molar-refractivity contribution is 7.86. The molecule has 182 valence electrons. The Morgan fingerprint density at radius 1 is 0.771 bits per heavy atom. The minimum atomic E-state index is -5.10. The molecule has 1 aliphatic carbocycles. The van der Waals surface area contributed by atoms with Gasteiger partial charge >= 0.3 is 0 Å². The summed E-state index contributed by atoms with van der Waals surface area (Å²) in [5.74, 6) is -2.00. The van der Waals surface area contributed by atoms with Crippen molar-refractivity contribution in [3.63, 3.8) is 0 Å². The summed E-state index contributed by atoms with van der Waals surface area (Å²) in [6, 6.07) is 8.13. The number of ketones is 2. The number of carbonyl (C=O) groups is 2. The molecule has 11 nitrogen and oxygen atoms in total. The average Bonchev–Trinajstić information content (AvgIpc) is 2.75. The van der Waals surface area contributed by atoms with Crippen LogP contribution in [0.3, 0.4) is 0 Å². The van der Waals surface area contributed by atoms with E-state index in [2.05, 4.69) is 5.32 Å². The monoisotopic (exact) mass is 517 g/mol. The molecule has 0 saturated carbocycles. The Hall–Kier alpha value is -3.78. The van der Waals surface area contributed by atoms with E-state index < -0.39 is 64.1 Å². The fourth-order valence-electron chi connectivity index (χ4n) is 4.32. The molecule has 0 unspecified atom stereocenters. The van der Waals surface area contributed by atoms with Gasteiger partial charge in [-0.3, -0.25) is 18.7 Å². The second kappa shape index (κ2) is 7.88. The Kier molecular flexibility index (Phi) is 5.48. The highest BCUT2D eigenvalue weighted by Crippen LogP contribution is 2.47. The Balaban J connectivity index is 2.23. The zero-order chi connectivity index (χ0) is 26.0. The Morgan fingerprint density at radius 2 is 1.40 bits per heavy atom. The van der Waals surface area contributed by atoms with Crippen molar-refractivity contribution in [3.05, 3.63) is 64.2 Å². The number of benzene rings is 3. The summed E-state index contributed by atoms with van der Waals surface area (Å²) in [4.78, 5) is 25.4. The number of hydrogen-bond acceptors (Lipinski definition) is 9. The Labute approximate surface area is 200 Å². The van der Waals surface area contributed by atoms with Crippen LogP contribution in [-0.4, -0.2) is 44.6 Å². The highest BCUT2D eigenvalue weighted by atomic mass is 32.2. The maximum absolute atomic E-state index is 13.7. The summed E-state index contributed by atoms with van der Waals surface area (Å²) >= 11 is 0. The number of aryl methyl sites for hydroxylation is 1. The normalized spacial score (nSPS) is 13.4.